The van der Waals surface area contributed by atoms with E-state index in [-0.39, 0.29) is 5.78 Å². The lowest BCUT2D eigenvalue weighted by atomic mass is 10.1. The summed E-state index contributed by atoms with van der Waals surface area (Å²) in [7, 11) is 0. The molecule has 32 heavy (non-hydrogen) atoms. The van der Waals surface area contributed by atoms with Crippen LogP contribution in [0.3, 0.4) is 0 Å². The molecule has 0 radical (unpaired) electrons. The first-order valence-corrected chi connectivity index (χ1v) is 11.7. The summed E-state index contributed by atoms with van der Waals surface area (Å²) in [5, 5.41) is 3.96. The third-order valence-electron chi connectivity index (χ3n) is 5.83. The van der Waals surface area contributed by atoms with E-state index in [0.29, 0.717) is 18.8 Å². The molecule has 0 aliphatic carbocycles. The molecular formula is C26H29ClN4O. The number of nitrogens with one attached hydrogen (secondary N) is 1. The van der Waals surface area contributed by atoms with Crippen molar-refractivity contribution in [3.05, 3.63) is 82.6 Å². The summed E-state index contributed by atoms with van der Waals surface area (Å²) in [6.45, 7) is 3.37. The highest BCUT2D eigenvalue weighted by Crippen LogP contribution is 2.20. The van der Waals surface area contributed by atoms with Crippen molar-refractivity contribution < 1.29 is 4.79 Å². The SMILES string of the molecule is O=C(CCCN1CCCCC1)c1ccc(Nc2nccc(Cc3ccccc3Cl)n2)cc1. The maximum absolute atomic E-state index is 12.5. The van der Waals surface area contributed by atoms with Crippen LogP contribution in [0.2, 0.25) is 5.02 Å². The Morgan fingerprint density at radius 2 is 1.78 bits per heavy atom. The van der Waals surface area contributed by atoms with Crippen LogP contribution in [-0.2, 0) is 6.42 Å². The van der Waals surface area contributed by atoms with Gasteiger partial charge in [0.25, 0.3) is 0 Å². The molecule has 1 aromatic heterocycles. The smallest absolute Gasteiger partial charge is 0.227 e. The zero-order valence-electron chi connectivity index (χ0n) is 18.3. The van der Waals surface area contributed by atoms with Gasteiger partial charge in [-0.25, -0.2) is 9.97 Å². The molecule has 0 unspecified atom stereocenters. The van der Waals surface area contributed by atoms with Gasteiger partial charge in [0.1, 0.15) is 0 Å². The van der Waals surface area contributed by atoms with Crippen LogP contribution >= 0.6 is 11.6 Å². The van der Waals surface area contributed by atoms with Crippen LogP contribution in [0, 0.1) is 0 Å². The van der Waals surface area contributed by atoms with Crippen LogP contribution in [0.25, 0.3) is 0 Å². The molecule has 6 heteroatoms. The number of likely N-dealkylation sites (tertiary alicyclic amines) is 1. The van der Waals surface area contributed by atoms with Gasteiger partial charge in [0.05, 0.1) is 5.69 Å². The van der Waals surface area contributed by atoms with Gasteiger partial charge in [-0.1, -0.05) is 36.2 Å². The fourth-order valence-electron chi connectivity index (χ4n) is 4.05. The van der Waals surface area contributed by atoms with Gasteiger partial charge in [-0.05, 0) is 80.9 Å². The number of rotatable bonds is 9. The molecule has 1 N–H and O–H groups in total. The lowest BCUT2D eigenvalue weighted by molar-refractivity contribution is 0.0973. The van der Waals surface area contributed by atoms with Gasteiger partial charge in [0, 0.05) is 35.3 Å². The molecule has 0 bridgehead atoms. The molecule has 0 atom stereocenters. The van der Waals surface area contributed by atoms with Crippen molar-refractivity contribution in [2.75, 3.05) is 25.0 Å². The Morgan fingerprint density at radius 3 is 2.56 bits per heavy atom. The predicted octanol–water partition coefficient (Wildman–Crippen LogP) is 5.91. The van der Waals surface area contributed by atoms with Crippen molar-refractivity contribution in [1.29, 1.82) is 0 Å². The molecule has 2 aromatic carbocycles. The van der Waals surface area contributed by atoms with E-state index < -0.39 is 0 Å². The number of carbonyl (C=O) groups is 1. The number of aromatic nitrogens is 2. The molecule has 1 fully saturated rings. The molecule has 2 heterocycles. The first kappa shape index (κ1) is 22.4. The summed E-state index contributed by atoms with van der Waals surface area (Å²) in [5.74, 6) is 0.724. The topological polar surface area (TPSA) is 58.1 Å². The molecule has 1 aliphatic heterocycles. The summed E-state index contributed by atoms with van der Waals surface area (Å²) in [4.78, 5) is 23.9. The second-order valence-electron chi connectivity index (χ2n) is 8.27. The van der Waals surface area contributed by atoms with E-state index in [1.807, 2.05) is 54.6 Å². The van der Waals surface area contributed by atoms with Crippen LogP contribution in [0.5, 0.6) is 0 Å². The number of hydrogen-bond donors (Lipinski definition) is 1. The van der Waals surface area contributed by atoms with Crippen molar-refractivity contribution in [2.24, 2.45) is 0 Å². The largest absolute Gasteiger partial charge is 0.324 e. The lowest BCUT2D eigenvalue weighted by Crippen LogP contribution is -2.30. The third-order valence-corrected chi connectivity index (χ3v) is 6.20. The van der Waals surface area contributed by atoms with Crippen LogP contribution in [0.15, 0.2) is 60.8 Å². The first-order valence-electron chi connectivity index (χ1n) is 11.4. The van der Waals surface area contributed by atoms with Gasteiger partial charge < -0.3 is 10.2 Å². The minimum Gasteiger partial charge on any atom is -0.324 e. The average Bonchev–Trinajstić information content (AvgIpc) is 2.82. The van der Waals surface area contributed by atoms with Gasteiger partial charge in [-0.3, -0.25) is 4.79 Å². The monoisotopic (exact) mass is 448 g/mol. The summed E-state index contributed by atoms with van der Waals surface area (Å²) in [6.07, 6.45) is 7.81. The van der Waals surface area contributed by atoms with E-state index in [1.165, 1.54) is 32.4 Å². The Morgan fingerprint density at radius 1 is 1.00 bits per heavy atom. The van der Waals surface area contributed by atoms with Crippen molar-refractivity contribution >= 4 is 29.0 Å². The van der Waals surface area contributed by atoms with E-state index in [2.05, 4.69) is 20.2 Å². The van der Waals surface area contributed by atoms with E-state index in [4.69, 9.17) is 11.6 Å². The van der Waals surface area contributed by atoms with E-state index in [0.717, 1.165) is 40.5 Å². The van der Waals surface area contributed by atoms with Crippen molar-refractivity contribution in [3.8, 4) is 0 Å². The van der Waals surface area contributed by atoms with Crippen molar-refractivity contribution in [1.82, 2.24) is 14.9 Å². The summed E-state index contributed by atoms with van der Waals surface area (Å²) in [6, 6.07) is 17.2. The fourth-order valence-corrected chi connectivity index (χ4v) is 4.25. The molecule has 4 rings (SSSR count). The number of benzene rings is 2. The van der Waals surface area contributed by atoms with E-state index >= 15 is 0 Å². The Balaban J connectivity index is 1.30. The molecule has 0 spiro atoms. The molecular weight excluding hydrogens is 420 g/mol. The van der Waals surface area contributed by atoms with Crippen molar-refractivity contribution in [2.45, 2.75) is 38.5 Å². The quantitative estimate of drug-likeness (QED) is 0.412. The second-order valence-corrected chi connectivity index (χ2v) is 8.68. The lowest BCUT2D eigenvalue weighted by Gasteiger charge is -2.26. The number of anilines is 2. The summed E-state index contributed by atoms with van der Waals surface area (Å²) >= 11 is 6.27. The molecule has 5 nitrogen and oxygen atoms in total. The summed E-state index contributed by atoms with van der Waals surface area (Å²) in [5.41, 5.74) is 3.52. The highest BCUT2D eigenvalue weighted by Gasteiger charge is 2.12. The fraction of sp³-hybridized carbons (Fsp3) is 0.346. The van der Waals surface area contributed by atoms with E-state index in [1.54, 1.807) is 6.20 Å². The molecule has 0 saturated carbocycles. The van der Waals surface area contributed by atoms with Gasteiger partial charge >= 0.3 is 0 Å². The van der Waals surface area contributed by atoms with Crippen LogP contribution in [0.4, 0.5) is 11.6 Å². The first-order chi connectivity index (χ1) is 15.7. The number of piperidine rings is 1. The van der Waals surface area contributed by atoms with Gasteiger partial charge in [0.15, 0.2) is 5.78 Å². The molecule has 166 valence electrons. The number of carbonyl (C=O) groups excluding carboxylic acids is 1. The molecule has 1 aliphatic rings. The standard InChI is InChI=1S/C26H29ClN4O/c27-24-8-3-2-7-21(24)19-23-14-15-28-26(30-23)29-22-12-10-20(11-13-22)25(32)9-6-18-31-16-4-1-5-17-31/h2-3,7-8,10-15H,1,4-6,9,16-19H2,(H,28,29,30). The Labute approximate surface area is 194 Å². The summed E-state index contributed by atoms with van der Waals surface area (Å²) < 4.78 is 0. The van der Waals surface area contributed by atoms with Gasteiger partial charge in [-0.15, -0.1) is 0 Å². The molecule has 0 amide bonds. The number of nitrogens with zero attached hydrogens (tertiary/aromatic N) is 3. The maximum atomic E-state index is 12.5. The molecule has 3 aromatic rings. The van der Waals surface area contributed by atoms with Gasteiger partial charge in [-0.2, -0.15) is 0 Å². The minimum absolute atomic E-state index is 0.201. The number of hydrogen-bond acceptors (Lipinski definition) is 5. The highest BCUT2D eigenvalue weighted by molar-refractivity contribution is 6.31. The number of halogens is 1. The maximum Gasteiger partial charge on any atom is 0.227 e. The Hall–Kier alpha value is -2.76. The Bertz CT molecular complexity index is 1030. The predicted molar refractivity (Wildman–Crippen MR) is 130 cm³/mol. The minimum atomic E-state index is 0.201. The number of Topliss-reactive ketones (excluding diaryl/α,β-unsaturated/α-hetero) is 1. The number of ketones is 1. The Kier molecular flexibility index (Phi) is 7.86. The highest BCUT2D eigenvalue weighted by atomic mass is 35.5. The second kappa shape index (κ2) is 11.2. The average molecular weight is 449 g/mol. The third kappa shape index (κ3) is 6.38. The van der Waals surface area contributed by atoms with Crippen LogP contribution in [0.1, 0.15) is 53.7 Å². The van der Waals surface area contributed by atoms with E-state index in [9.17, 15) is 4.79 Å². The zero-order valence-corrected chi connectivity index (χ0v) is 19.0. The van der Waals surface area contributed by atoms with Crippen LogP contribution < -0.4 is 5.32 Å². The van der Waals surface area contributed by atoms with Crippen LogP contribution in [-0.4, -0.2) is 40.3 Å². The zero-order chi connectivity index (χ0) is 22.2. The molecule has 1 saturated heterocycles. The van der Waals surface area contributed by atoms with Crippen molar-refractivity contribution in [3.63, 3.8) is 0 Å². The normalized spacial score (nSPS) is 14.3. The van der Waals surface area contributed by atoms with Gasteiger partial charge in [0.2, 0.25) is 5.95 Å².